The molecule has 26 heavy (non-hydrogen) atoms. The Labute approximate surface area is 150 Å². The monoisotopic (exact) mass is 349 g/mol. The first-order chi connectivity index (χ1) is 12.5. The average molecular weight is 349 g/mol. The normalized spacial score (nSPS) is 10.7. The summed E-state index contributed by atoms with van der Waals surface area (Å²) >= 11 is 0. The Balaban J connectivity index is 2.13. The molecule has 1 aromatic heterocycles. The molecule has 132 valence electrons. The van der Waals surface area contributed by atoms with Gasteiger partial charge in [-0.25, -0.2) is 4.98 Å². The summed E-state index contributed by atoms with van der Waals surface area (Å²) < 4.78 is 0. The van der Waals surface area contributed by atoms with Crippen LogP contribution >= 0.6 is 0 Å². The summed E-state index contributed by atoms with van der Waals surface area (Å²) in [7, 11) is 0. The molecule has 0 amide bonds. The second-order valence-corrected chi connectivity index (χ2v) is 5.91. The Bertz CT molecular complexity index is 958. The Hall–Kier alpha value is -3.48. The minimum atomic E-state index is -0.369. The smallest absolute Gasteiger partial charge is 0.272 e. The van der Waals surface area contributed by atoms with Crippen molar-refractivity contribution in [3.63, 3.8) is 0 Å². The summed E-state index contributed by atoms with van der Waals surface area (Å²) in [5, 5.41) is 11.4. The first kappa shape index (κ1) is 17.3. The molecule has 0 unspecified atom stereocenters. The molecule has 0 radical (unpaired) electrons. The largest absolute Gasteiger partial charge is 0.383 e. The molecular weight excluding hydrogens is 330 g/mol. The highest BCUT2D eigenvalue weighted by atomic mass is 16.6. The number of aromatic nitrogens is 2. The van der Waals surface area contributed by atoms with Gasteiger partial charge in [0, 0.05) is 23.6 Å². The van der Waals surface area contributed by atoms with Crippen LogP contribution in [0.1, 0.15) is 23.7 Å². The standard InChI is InChI=1S/C19H19N5O2/c1-2-15-17(18(20)23-19(21)22-15)13-8-9-16(24(25)26)14(11-13)10-12-6-4-3-5-7-12/h3-9,11H,2,10H2,1H3,(H4,20,21,22,23). The minimum Gasteiger partial charge on any atom is -0.383 e. The van der Waals surface area contributed by atoms with Crippen LogP contribution in [0.15, 0.2) is 48.5 Å². The van der Waals surface area contributed by atoms with E-state index in [9.17, 15) is 10.1 Å². The number of nitrogens with two attached hydrogens (primary N) is 2. The van der Waals surface area contributed by atoms with Crippen molar-refractivity contribution in [3.05, 3.63) is 75.5 Å². The van der Waals surface area contributed by atoms with E-state index >= 15 is 0 Å². The van der Waals surface area contributed by atoms with Gasteiger partial charge in [-0.1, -0.05) is 37.3 Å². The molecule has 0 aliphatic heterocycles. The van der Waals surface area contributed by atoms with Crippen LogP contribution in [0.3, 0.4) is 0 Å². The fraction of sp³-hybridized carbons (Fsp3) is 0.158. The second-order valence-electron chi connectivity index (χ2n) is 5.91. The maximum atomic E-state index is 11.4. The third-order valence-corrected chi connectivity index (χ3v) is 4.17. The lowest BCUT2D eigenvalue weighted by atomic mass is 9.96. The summed E-state index contributed by atoms with van der Waals surface area (Å²) in [6.45, 7) is 1.95. The van der Waals surface area contributed by atoms with Crippen molar-refractivity contribution in [1.29, 1.82) is 0 Å². The molecule has 2 aromatic carbocycles. The van der Waals surface area contributed by atoms with Gasteiger partial charge in [-0.2, -0.15) is 4.98 Å². The molecule has 0 aliphatic carbocycles. The van der Waals surface area contributed by atoms with Crippen LogP contribution in [-0.4, -0.2) is 14.9 Å². The highest BCUT2D eigenvalue weighted by Gasteiger charge is 2.18. The minimum absolute atomic E-state index is 0.0746. The molecule has 4 N–H and O–H groups in total. The summed E-state index contributed by atoms with van der Waals surface area (Å²) in [4.78, 5) is 19.4. The zero-order chi connectivity index (χ0) is 18.7. The molecule has 0 aliphatic rings. The van der Waals surface area contributed by atoms with Crippen molar-refractivity contribution in [1.82, 2.24) is 9.97 Å². The van der Waals surface area contributed by atoms with Crippen LogP contribution in [0.4, 0.5) is 17.5 Å². The van der Waals surface area contributed by atoms with Crippen LogP contribution in [0.2, 0.25) is 0 Å². The summed E-state index contributed by atoms with van der Waals surface area (Å²) in [6.07, 6.45) is 1.07. The lowest BCUT2D eigenvalue weighted by molar-refractivity contribution is -0.385. The van der Waals surface area contributed by atoms with Crippen LogP contribution in [0, 0.1) is 10.1 Å². The lowest BCUT2D eigenvalue weighted by Gasteiger charge is -2.12. The molecule has 3 rings (SSSR count). The van der Waals surface area contributed by atoms with Crippen LogP contribution < -0.4 is 11.5 Å². The predicted molar refractivity (Wildman–Crippen MR) is 102 cm³/mol. The van der Waals surface area contributed by atoms with Crippen molar-refractivity contribution < 1.29 is 4.92 Å². The van der Waals surface area contributed by atoms with Gasteiger partial charge >= 0.3 is 0 Å². The fourth-order valence-electron chi connectivity index (χ4n) is 2.99. The van der Waals surface area contributed by atoms with E-state index in [1.54, 1.807) is 12.1 Å². The van der Waals surface area contributed by atoms with Crippen molar-refractivity contribution >= 4 is 17.5 Å². The molecule has 0 atom stereocenters. The van der Waals surface area contributed by atoms with Crippen LogP contribution in [0.5, 0.6) is 0 Å². The molecule has 1 heterocycles. The van der Waals surface area contributed by atoms with E-state index in [4.69, 9.17) is 11.5 Å². The third-order valence-electron chi connectivity index (χ3n) is 4.17. The van der Waals surface area contributed by atoms with Crippen molar-refractivity contribution in [2.24, 2.45) is 0 Å². The van der Waals surface area contributed by atoms with Gasteiger partial charge in [0.15, 0.2) is 0 Å². The molecule has 3 aromatic rings. The second kappa shape index (κ2) is 7.18. The number of rotatable bonds is 5. The predicted octanol–water partition coefficient (Wildman–Crippen LogP) is 3.37. The highest BCUT2D eigenvalue weighted by Crippen LogP contribution is 2.33. The summed E-state index contributed by atoms with van der Waals surface area (Å²) in [6, 6.07) is 14.6. The van der Waals surface area contributed by atoms with E-state index in [-0.39, 0.29) is 22.4 Å². The molecule has 0 fully saturated rings. The molecule has 0 spiro atoms. The molecule has 7 heteroatoms. The van der Waals surface area contributed by atoms with Gasteiger partial charge in [0.05, 0.1) is 10.6 Å². The fourth-order valence-corrected chi connectivity index (χ4v) is 2.99. The lowest BCUT2D eigenvalue weighted by Crippen LogP contribution is -2.06. The number of hydrogen-bond donors (Lipinski definition) is 2. The Morgan fingerprint density at radius 3 is 2.46 bits per heavy atom. The van der Waals surface area contributed by atoms with E-state index in [0.717, 1.165) is 16.8 Å². The molecule has 0 bridgehead atoms. The number of nitro groups is 1. The molecule has 7 nitrogen and oxygen atoms in total. The van der Waals surface area contributed by atoms with E-state index < -0.39 is 0 Å². The van der Waals surface area contributed by atoms with E-state index in [0.29, 0.717) is 24.0 Å². The topological polar surface area (TPSA) is 121 Å². The number of aryl methyl sites for hydroxylation is 1. The van der Waals surface area contributed by atoms with Crippen LogP contribution in [0.25, 0.3) is 11.1 Å². The maximum absolute atomic E-state index is 11.4. The molecule has 0 saturated heterocycles. The van der Waals surface area contributed by atoms with Gasteiger partial charge in [0.25, 0.3) is 5.69 Å². The number of hydrogen-bond acceptors (Lipinski definition) is 6. The van der Waals surface area contributed by atoms with Gasteiger partial charge in [-0.15, -0.1) is 0 Å². The molecular formula is C19H19N5O2. The van der Waals surface area contributed by atoms with Gasteiger partial charge < -0.3 is 11.5 Å². The zero-order valence-electron chi connectivity index (χ0n) is 14.3. The van der Waals surface area contributed by atoms with Crippen LogP contribution in [-0.2, 0) is 12.8 Å². The third kappa shape index (κ3) is 3.46. The van der Waals surface area contributed by atoms with E-state index in [2.05, 4.69) is 9.97 Å². The number of anilines is 2. The molecule has 0 saturated carbocycles. The van der Waals surface area contributed by atoms with Gasteiger partial charge in [0.1, 0.15) is 5.82 Å². The van der Waals surface area contributed by atoms with Crippen molar-refractivity contribution in [2.45, 2.75) is 19.8 Å². The number of benzene rings is 2. The first-order valence-corrected chi connectivity index (χ1v) is 8.23. The Morgan fingerprint density at radius 1 is 1.08 bits per heavy atom. The SMILES string of the molecule is CCc1nc(N)nc(N)c1-c1ccc([N+](=O)[O-])c(Cc2ccccc2)c1. The zero-order valence-corrected chi connectivity index (χ0v) is 14.3. The Morgan fingerprint density at radius 2 is 1.81 bits per heavy atom. The Kier molecular flexibility index (Phi) is 4.79. The van der Waals surface area contributed by atoms with Gasteiger partial charge in [0.2, 0.25) is 5.95 Å². The van der Waals surface area contributed by atoms with Gasteiger partial charge in [-0.05, 0) is 29.7 Å². The maximum Gasteiger partial charge on any atom is 0.272 e. The number of nitro benzene ring substituents is 1. The summed E-state index contributed by atoms with van der Waals surface area (Å²) in [5.41, 5.74) is 15.6. The quantitative estimate of drug-likeness (QED) is 0.538. The van der Waals surface area contributed by atoms with Crippen molar-refractivity contribution in [3.8, 4) is 11.1 Å². The van der Waals surface area contributed by atoms with Gasteiger partial charge in [-0.3, -0.25) is 10.1 Å². The van der Waals surface area contributed by atoms with Crippen molar-refractivity contribution in [2.75, 3.05) is 11.5 Å². The number of nitrogen functional groups attached to an aromatic ring is 2. The first-order valence-electron chi connectivity index (χ1n) is 8.23. The number of nitrogens with zero attached hydrogens (tertiary/aromatic N) is 3. The van der Waals surface area contributed by atoms with E-state index in [1.165, 1.54) is 6.07 Å². The average Bonchev–Trinajstić information content (AvgIpc) is 2.61. The summed E-state index contributed by atoms with van der Waals surface area (Å²) in [5.74, 6) is 0.392. The van der Waals surface area contributed by atoms with E-state index in [1.807, 2.05) is 37.3 Å². The highest BCUT2D eigenvalue weighted by molar-refractivity contribution is 5.78.